The lowest BCUT2D eigenvalue weighted by Crippen LogP contribution is -2.48. The zero-order valence-electron chi connectivity index (χ0n) is 13.5. The van der Waals surface area contributed by atoms with E-state index >= 15 is 0 Å². The summed E-state index contributed by atoms with van der Waals surface area (Å²) in [5.74, 6) is 0.812. The number of piperidine rings is 1. The molecule has 0 aromatic carbocycles. The molecule has 4 heteroatoms. The molecule has 1 aliphatic carbocycles. The van der Waals surface area contributed by atoms with E-state index in [1.807, 2.05) is 0 Å². The highest BCUT2D eigenvalue weighted by Crippen LogP contribution is 2.31. The van der Waals surface area contributed by atoms with E-state index < -0.39 is 0 Å². The quantitative estimate of drug-likeness (QED) is 0.646. The van der Waals surface area contributed by atoms with Gasteiger partial charge in [-0.25, -0.2) is 0 Å². The van der Waals surface area contributed by atoms with Gasteiger partial charge in [0.25, 0.3) is 0 Å². The van der Waals surface area contributed by atoms with E-state index in [-0.39, 0.29) is 0 Å². The lowest BCUT2D eigenvalue weighted by atomic mass is 9.79. The molecule has 0 spiro atoms. The second-order valence-electron chi connectivity index (χ2n) is 6.38. The molecule has 2 aliphatic rings. The number of ether oxygens (including phenoxy) is 2. The number of hydrogen-bond acceptors (Lipinski definition) is 4. The smallest absolute Gasteiger partial charge is 0.137 e. The zero-order chi connectivity index (χ0) is 14.9. The molecular formula is C17H31NO3. The maximum atomic E-state index is 12.2. The first kappa shape index (κ1) is 16.9. The molecule has 0 aromatic heterocycles. The number of likely N-dealkylation sites (tertiary alicyclic amines) is 1. The summed E-state index contributed by atoms with van der Waals surface area (Å²) < 4.78 is 10.7. The summed E-state index contributed by atoms with van der Waals surface area (Å²) in [6.45, 7) is 4.43. The van der Waals surface area contributed by atoms with E-state index in [9.17, 15) is 4.79 Å². The summed E-state index contributed by atoms with van der Waals surface area (Å²) in [5, 5.41) is 0. The van der Waals surface area contributed by atoms with Gasteiger partial charge in [-0.3, -0.25) is 9.69 Å². The number of methoxy groups -OCH3 is 1. The van der Waals surface area contributed by atoms with Crippen molar-refractivity contribution in [3.05, 3.63) is 0 Å². The second kappa shape index (κ2) is 9.54. The van der Waals surface area contributed by atoms with E-state index in [1.165, 1.54) is 25.7 Å². The van der Waals surface area contributed by atoms with Gasteiger partial charge in [0.05, 0.1) is 6.61 Å². The molecule has 0 bridgehead atoms. The Balaban J connectivity index is 1.74. The van der Waals surface area contributed by atoms with Crippen molar-refractivity contribution in [2.75, 3.05) is 40.0 Å². The molecule has 1 saturated carbocycles. The summed E-state index contributed by atoms with van der Waals surface area (Å²) in [4.78, 5) is 14.7. The molecular weight excluding hydrogens is 266 g/mol. The van der Waals surface area contributed by atoms with Gasteiger partial charge in [0.15, 0.2) is 0 Å². The molecule has 4 nitrogen and oxygen atoms in total. The van der Waals surface area contributed by atoms with Gasteiger partial charge in [0.1, 0.15) is 5.78 Å². The minimum atomic E-state index is 0.299. The molecule has 1 aliphatic heterocycles. The SMILES string of the molecule is COCCCOCCN1CCCCC1C1CCCCC1=O. The Morgan fingerprint density at radius 2 is 1.95 bits per heavy atom. The van der Waals surface area contributed by atoms with Crippen LogP contribution in [0.2, 0.25) is 0 Å². The first-order chi connectivity index (χ1) is 10.3. The van der Waals surface area contributed by atoms with Crippen LogP contribution in [0.25, 0.3) is 0 Å². The first-order valence-corrected chi connectivity index (χ1v) is 8.66. The maximum Gasteiger partial charge on any atom is 0.137 e. The van der Waals surface area contributed by atoms with Gasteiger partial charge < -0.3 is 9.47 Å². The molecule has 0 radical (unpaired) electrons. The van der Waals surface area contributed by atoms with Gasteiger partial charge in [-0.2, -0.15) is 0 Å². The lowest BCUT2D eigenvalue weighted by Gasteiger charge is -2.41. The van der Waals surface area contributed by atoms with Crippen molar-refractivity contribution in [3.63, 3.8) is 0 Å². The van der Waals surface area contributed by atoms with Crippen LogP contribution >= 0.6 is 0 Å². The summed E-state index contributed by atoms with van der Waals surface area (Å²) >= 11 is 0. The van der Waals surface area contributed by atoms with Crippen LogP contribution in [0.15, 0.2) is 0 Å². The van der Waals surface area contributed by atoms with Crippen LogP contribution in [0, 0.1) is 5.92 Å². The highest BCUT2D eigenvalue weighted by atomic mass is 16.5. The predicted molar refractivity (Wildman–Crippen MR) is 83.5 cm³/mol. The number of nitrogens with zero attached hydrogens (tertiary/aromatic N) is 1. The number of Topliss-reactive ketones (excluding diaryl/α,β-unsaturated/α-hetero) is 1. The van der Waals surface area contributed by atoms with Gasteiger partial charge in [0.2, 0.25) is 0 Å². The standard InChI is InChI=1S/C17H31NO3/c1-20-12-6-13-21-14-11-18-10-5-4-8-16(18)15-7-2-3-9-17(15)19/h15-16H,2-14H2,1H3. The molecule has 1 heterocycles. The summed E-state index contributed by atoms with van der Waals surface area (Å²) in [7, 11) is 1.72. The van der Waals surface area contributed by atoms with E-state index in [0.717, 1.165) is 58.6 Å². The lowest BCUT2D eigenvalue weighted by molar-refractivity contribution is -0.128. The fourth-order valence-electron chi connectivity index (χ4n) is 3.76. The topological polar surface area (TPSA) is 38.8 Å². The van der Waals surface area contributed by atoms with E-state index in [1.54, 1.807) is 7.11 Å². The van der Waals surface area contributed by atoms with Gasteiger partial charge in [-0.05, 0) is 38.6 Å². The van der Waals surface area contributed by atoms with Crippen molar-refractivity contribution in [2.45, 2.75) is 57.4 Å². The van der Waals surface area contributed by atoms with Crippen molar-refractivity contribution in [1.29, 1.82) is 0 Å². The minimum Gasteiger partial charge on any atom is -0.385 e. The van der Waals surface area contributed by atoms with Crippen molar-refractivity contribution in [2.24, 2.45) is 5.92 Å². The highest BCUT2D eigenvalue weighted by molar-refractivity contribution is 5.82. The van der Waals surface area contributed by atoms with E-state index in [2.05, 4.69) is 4.90 Å². The van der Waals surface area contributed by atoms with Crippen LogP contribution in [0.3, 0.4) is 0 Å². The van der Waals surface area contributed by atoms with Gasteiger partial charge in [0, 0.05) is 45.2 Å². The third-order valence-electron chi connectivity index (χ3n) is 4.89. The predicted octanol–water partition coefficient (Wildman–Crippen LogP) is 2.65. The van der Waals surface area contributed by atoms with E-state index in [4.69, 9.17) is 9.47 Å². The number of carbonyl (C=O) groups excluding carboxylic acids is 1. The minimum absolute atomic E-state index is 0.299. The average molecular weight is 297 g/mol. The Morgan fingerprint density at radius 3 is 2.76 bits per heavy atom. The third kappa shape index (κ3) is 5.35. The Hall–Kier alpha value is -0.450. The van der Waals surface area contributed by atoms with Gasteiger partial charge in [-0.15, -0.1) is 0 Å². The molecule has 0 aromatic rings. The fourth-order valence-corrected chi connectivity index (χ4v) is 3.76. The van der Waals surface area contributed by atoms with Crippen LogP contribution in [0.5, 0.6) is 0 Å². The van der Waals surface area contributed by atoms with Crippen LogP contribution < -0.4 is 0 Å². The third-order valence-corrected chi connectivity index (χ3v) is 4.89. The Labute approximate surface area is 129 Å². The highest BCUT2D eigenvalue weighted by Gasteiger charge is 2.34. The Morgan fingerprint density at radius 1 is 1.10 bits per heavy atom. The molecule has 1 saturated heterocycles. The Kier molecular flexibility index (Phi) is 7.69. The maximum absolute atomic E-state index is 12.2. The second-order valence-corrected chi connectivity index (χ2v) is 6.38. The molecule has 122 valence electrons. The van der Waals surface area contributed by atoms with Crippen LogP contribution in [0.4, 0.5) is 0 Å². The van der Waals surface area contributed by atoms with Crippen LogP contribution in [-0.4, -0.2) is 56.7 Å². The molecule has 2 unspecified atom stereocenters. The van der Waals surface area contributed by atoms with Crippen LogP contribution in [-0.2, 0) is 14.3 Å². The summed E-state index contributed by atoms with van der Waals surface area (Å²) in [6, 6.07) is 0.481. The number of carbonyl (C=O) groups is 1. The first-order valence-electron chi connectivity index (χ1n) is 8.66. The average Bonchev–Trinajstić information content (AvgIpc) is 2.52. The molecule has 2 atom stereocenters. The van der Waals surface area contributed by atoms with Crippen molar-refractivity contribution >= 4 is 5.78 Å². The van der Waals surface area contributed by atoms with Crippen LogP contribution in [0.1, 0.15) is 51.4 Å². The molecule has 21 heavy (non-hydrogen) atoms. The van der Waals surface area contributed by atoms with Crippen molar-refractivity contribution in [1.82, 2.24) is 4.90 Å². The fraction of sp³-hybridized carbons (Fsp3) is 0.941. The monoisotopic (exact) mass is 297 g/mol. The zero-order valence-corrected chi connectivity index (χ0v) is 13.5. The Bertz CT molecular complexity index is 308. The number of ketones is 1. The normalized spacial score (nSPS) is 28.0. The molecule has 0 amide bonds. The summed E-state index contributed by atoms with van der Waals surface area (Å²) in [5.41, 5.74) is 0. The largest absolute Gasteiger partial charge is 0.385 e. The number of hydrogen-bond donors (Lipinski definition) is 0. The molecule has 2 rings (SSSR count). The van der Waals surface area contributed by atoms with E-state index in [0.29, 0.717) is 17.7 Å². The summed E-state index contributed by atoms with van der Waals surface area (Å²) in [6.07, 6.45) is 8.94. The van der Waals surface area contributed by atoms with Gasteiger partial charge >= 0.3 is 0 Å². The van der Waals surface area contributed by atoms with Crippen molar-refractivity contribution < 1.29 is 14.3 Å². The molecule has 0 N–H and O–H groups in total. The molecule has 2 fully saturated rings. The van der Waals surface area contributed by atoms with Gasteiger partial charge in [-0.1, -0.05) is 12.8 Å². The number of rotatable bonds is 8. The van der Waals surface area contributed by atoms with Crippen molar-refractivity contribution in [3.8, 4) is 0 Å².